The van der Waals surface area contributed by atoms with Gasteiger partial charge in [0, 0.05) is 30.0 Å². The van der Waals surface area contributed by atoms with E-state index >= 15 is 0 Å². The Kier molecular flexibility index (Phi) is 2.94. The SMILES string of the molecule is Cc1ccc(C)c(CN2CCc3c(N)cccc32)c1. The molecule has 0 aliphatic carbocycles. The van der Waals surface area contributed by atoms with Crippen molar-refractivity contribution in [1.29, 1.82) is 0 Å². The monoisotopic (exact) mass is 252 g/mol. The lowest BCUT2D eigenvalue weighted by molar-refractivity contribution is 0.831. The number of hydrogen-bond donors (Lipinski definition) is 1. The molecule has 2 nitrogen and oxygen atoms in total. The van der Waals surface area contributed by atoms with Crippen LogP contribution in [-0.4, -0.2) is 6.54 Å². The van der Waals surface area contributed by atoms with E-state index in [1.54, 1.807) is 0 Å². The summed E-state index contributed by atoms with van der Waals surface area (Å²) in [6, 6.07) is 12.9. The van der Waals surface area contributed by atoms with Gasteiger partial charge in [-0.05, 0) is 43.5 Å². The summed E-state index contributed by atoms with van der Waals surface area (Å²) in [5, 5.41) is 0. The fourth-order valence-corrected chi connectivity index (χ4v) is 2.87. The van der Waals surface area contributed by atoms with Crippen molar-refractivity contribution in [3.05, 3.63) is 58.7 Å². The lowest BCUT2D eigenvalue weighted by Crippen LogP contribution is -2.20. The van der Waals surface area contributed by atoms with Gasteiger partial charge in [-0.1, -0.05) is 29.8 Å². The van der Waals surface area contributed by atoms with E-state index < -0.39 is 0 Å². The van der Waals surface area contributed by atoms with Crippen LogP contribution in [0.2, 0.25) is 0 Å². The van der Waals surface area contributed by atoms with Gasteiger partial charge in [0.05, 0.1) is 0 Å². The van der Waals surface area contributed by atoms with E-state index in [9.17, 15) is 0 Å². The molecule has 2 N–H and O–H groups in total. The van der Waals surface area contributed by atoms with Crippen LogP contribution < -0.4 is 10.6 Å². The van der Waals surface area contributed by atoms with Gasteiger partial charge in [0.2, 0.25) is 0 Å². The maximum atomic E-state index is 6.05. The van der Waals surface area contributed by atoms with Crippen molar-refractivity contribution in [3.8, 4) is 0 Å². The second kappa shape index (κ2) is 4.61. The van der Waals surface area contributed by atoms with Crippen molar-refractivity contribution in [2.75, 3.05) is 17.2 Å². The van der Waals surface area contributed by atoms with Crippen LogP contribution in [0.15, 0.2) is 36.4 Å². The molecule has 0 radical (unpaired) electrons. The molecule has 3 rings (SSSR count). The minimum atomic E-state index is 0.931. The first-order valence-electron chi connectivity index (χ1n) is 6.83. The normalized spacial score (nSPS) is 13.7. The Morgan fingerprint density at radius 1 is 1.16 bits per heavy atom. The maximum absolute atomic E-state index is 6.05. The molecule has 0 saturated carbocycles. The molecule has 0 bridgehead atoms. The van der Waals surface area contributed by atoms with Crippen molar-refractivity contribution in [1.82, 2.24) is 0 Å². The summed E-state index contributed by atoms with van der Waals surface area (Å²) in [5.41, 5.74) is 13.7. The number of fused-ring (bicyclic) bond motifs is 1. The van der Waals surface area contributed by atoms with Crippen LogP contribution in [0.25, 0.3) is 0 Å². The van der Waals surface area contributed by atoms with E-state index in [1.165, 1.54) is 27.9 Å². The zero-order chi connectivity index (χ0) is 13.4. The third-order valence-electron chi connectivity index (χ3n) is 4.03. The van der Waals surface area contributed by atoms with Gasteiger partial charge < -0.3 is 10.6 Å². The van der Waals surface area contributed by atoms with Crippen LogP contribution in [0.3, 0.4) is 0 Å². The van der Waals surface area contributed by atoms with Gasteiger partial charge in [-0.2, -0.15) is 0 Å². The molecule has 1 aliphatic rings. The molecule has 0 unspecified atom stereocenters. The molecule has 1 aliphatic heterocycles. The number of nitrogens with zero attached hydrogens (tertiary/aromatic N) is 1. The second-order valence-electron chi connectivity index (χ2n) is 5.45. The molecule has 2 aromatic carbocycles. The van der Waals surface area contributed by atoms with E-state index in [2.05, 4.69) is 49.1 Å². The van der Waals surface area contributed by atoms with Crippen LogP contribution in [0.4, 0.5) is 11.4 Å². The average Bonchev–Trinajstić information content (AvgIpc) is 2.79. The van der Waals surface area contributed by atoms with Crippen LogP contribution in [0.1, 0.15) is 22.3 Å². The number of aryl methyl sites for hydroxylation is 2. The fourth-order valence-electron chi connectivity index (χ4n) is 2.87. The molecule has 0 atom stereocenters. The highest BCUT2D eigenvalue weighted by molar-refractivity contribution is 5.68. The first-order chi connectivity index (χ1) is 9.15. The zero-order valence-electron chi connectivity index (χ0n) is 11.6. The van der Waals surface area contributed by atoms with Crippen molar-refractivity contribution in [3.63, 3.8) is 0 Å². The molecule has 0 aromatic heterocycles. The zero-order valence-corrected chi connectivity index (χ0v) is 11.6. The fraction of sp³-hybridized carbons (Fsp3) is 0.294. The molecule has 2 heteroatoms. The molecule has 0 fully saturated rings. The topological polar surface area (TPSA) is 29.3 Å². The van der Waals surface area contributed by atoms with Gasteiger partial charge in [-0.25, -0.2) is 0 Å². The van der Waals surface area contributed by atoms with Crippen molar-refractivity contribution < 1.29 is 0 Å². The molecule has 0 amide bonds. The lowest BCUT2D eigenvalue weighted by atomic mass is 10.1. The number of anilines is 2. The molecular weight excluding hydrogens is 232 g/mol. The third kappa shape index (κ3) is 2.19. The highest BCUT2D eigenvalue weighted by atomic mass is 15.1. The first-order valence-corrected chi connectivity index (χ1v) is 6.83. The maximum Gasteiger partial charge on any atom is 0.0432 e. The molecule has 1 heterocycles. The minimum absolute atomic E-state index is 0.931. The Balaban J connectivity index is 1.91. The second-order valence-corrected chi connectivity index (χ2v) is 5.45. The van der Waals surface area contributed by atoms with E-state index in [0.29, 0.717) is 0 Å². The quantitative estimate of drug-likeness (QED) is 0.829. The molecule has 0 spiro atoms. The number of benzene rings is 2. The summed E-state index contributed by atoms with van der Waals surface area (Å²) in [4.78, 5) is 2.44. The Hall–Kier alpha value is -1.96. The number of rotatable bonds is 2. The molecular formula is C17H20N2. The van der Waals surface area contributed by atoms with Gasteiger partial charge in [0.1, 0.15) is 0 Å². The number of hydrogen-bond acceptors (Lipinski definition) is 2. The lowest BCUT2D eigenvalue weighted by Gasteiger charge is -2.21. The van der Waals surface area contributed by atoms with Crippen LogP contribution >= 0.6 is 0 Å². The van der Waals surface area contributed by atoms with Gasteiger partial charge in [-0.3, -0.25) is 0 Å². The van der Waals surface area contributed by atoms with Crippen molar-refractivity contribution in [2.45, 2.75) is 26.8 Å². The number of nitrogens with two attached hydrogens (primary N) is 1. The van der Waals surface area contributed by atoms with E-state index in [1.807, 2.05) is 6.07 Å². The highest BCUT2D eigenvalue weighted by Gasteiger charge is 2.21. The summed E-state index contributed by atoms with van der Waals surface area (Å²) in [5.74, 6) is 0. The Morgan fingerprint density at radius 2 is 2.00 bits per heavy atom. The highest BCUT2D eigenvalue weighted by Crippen LogP contribution is 2.33. The van der Waals surface area contributed by atoms with E-state index in [0.717, 1.165) is 25.2 Å². The summed E-state index contributed by atoms with van der Waals surface area (Å²) in [6.07, 6.45) is 1.06. The Bertz CT molecular complexity index is 617. The third-order valence-corrected chi connectivity index (χ3v) is 4.03. The number of nitrogen functional groups attached to an aromatic ring is 1. The largest absolute Gasteiger partial charge is 0.398 e. The van der Waals surface area contributed by atoms with Gasteiger partial charge in [0.15, 0.2) is 0 Å². The first kappa shape index (κ1) is 12.1. The predicted molar refractivity (Wildman–Crippen MR) is 81.5 cm³/mol. The molecule has 19 heavy (non-hydrogen) atoms. The van der Waals surface area contributed by atoms with Gasteiger partial charge in [-0.15, -0.1) is 0 Å². The van der Waals surface area contributed by atoms with E-state index in [-0.39, 0.29) is 0 Å². The standard InChI is InChI=1S/C17H20N2/c1-12-6-7-13(2)14(10-12)11-19-9-8-15-16(18)4-3-5-17(15)19/h3-7,10H,8-9,11,18H2,1-2H3. The molecule has 0 saturated heterocycles. The van der Waals surface area contributed by atoms with Gasteiger partial charge >= 0.3 is 0 Å². The smallest absolute Gasteiger partial charge is 0.0432 e. The van der Waals surface area contributed by atoms with E-state index in [4.69, 9.17) is 5.73 Å². The predicted octanol–water partition coefficient (Wildman–Crippen LogP) is 3.45. The molecule has 98 valence electrons. The summed E-state index contributed by atoms with van der Waals surface area (Å²) >= 11 is 0. The van der Waals surface area contributed by atoms with Crippen molar-refractivity contribution >= 4 is 11.4 Å². The summed E-state index contributed by atoms with van der Waals surface area (Å²) in [6.45, 7) is 6.38. The molecule has 2 aromatic rings. The van der Waals surface area contributed by atoms with Crippen LogP contribution in [0, 0.1) is 13.8 Å². The summed E-state index contributed by atoms with van der Waals surface area (Å²) < 4.78 is 0. The Labute approximate surface area is 114 Å². The average molecular weight is 252 g/mol. The minimum Gasteiger partial charge on any atom is -0.398 e. The van der Waals surface area contributed by atoms with Crippen LogP contribution in [-0.2, 0) is 13.0 Å². The van der Waals surface area contributed by atoms with Gasteiger partial charge in [0.25, 0.3) is 0 Å². The van der Waals surface area contributed by atoms with Crippen molar-refractivity contribution in [2.24, 2.45) is 0 Å². The van der Waals surface area contributed by atoms with Crippen LogP contribution in [0.5, 0.6) is 0 Å². The summed E-state index contributed by atoms with van der Waals surface area (Å²) in [7, 11) is 0. The Morgan fingerprint density at radius 3 is 2.84 bits per heavy atom.